The fraction of sp³-hybridized carbons (Fsp3) is 0.889. The summed E-state index contributed by atoms with van der Waals surface area (Å²) in [5, 5.41) is 9.28. The Hall–Kier alpha value is -1.03. The monoisotopic (exact) mass is 403 g/mol. The summed E-state index contributed by atoms with van der Waals surface area (Å²) < 4.78 is 15.9. The molecule has 0 aromatic heterocycles. The lowest BCUT2D eigenvalue weighted by atomic mass is 10.0. The van der Waals surface area contributed by atoms with Crippen LogP contribution in [0.15, 0.2) is 0 Å². The predicted octanol–water partition coefficient (Wildman–Crippen LogP) is 0.898. The molecular formula is C18H33N3O5S. The van der Waals surface area contributed by atoms with Crippen LogP contribution in [0.25, 0.3) is 0 Å². The zero-order chi connectivity index (χ0) is 19.3. The molecule has 0 radical (unpaired) electrons. The molecule has 9 heteroatoms. The Morgan fingerprint density at radius 3 is 2.63 bits per heavy atom. The lowest BCUT2D eigenvalue weighted by molar-refractivity contribution is -0.121. The van der Waals surface area contributed by atoms with Gasteiger partial charge in [0.1, 0.15) is 0 Å². The maximum Gasteiger partial charge on any atom is 0.315 e. The first-order valence-corrected chi connectivity index (χ1v) is 10.9. The number of amides is 3. The molecule has 3 amide bonds. The molecule has 2 saturated heterocycles. The quantitative estimate of drug-likeness (QED) is 0.278. The molecule has 2 heterocycles. The third kappa shape index (κ3) is 8.68. The van der Waals surface area contributed by atoms with Crippen LogP contribution in [0.5, 0.6) is 0 Å². The molecular weight excluding hydrogens is 370 g/mol. The number of hydrogen-bond acceptors (Lipinski definition) is 6. The van der Waals surface area contributed by atoms with Crippen LogP contribution in [0.2, 0.25) is 0 Å². The molecule has 0 saturated carbocycles. The highest BCUT2D eigenvalue weighted by atomic mass is 32.2. The van der Waals surface area contributed by atoms with Crippen LogP contribution in [0.1, 0.15) is 32.6 Å². The molecule has 0 spiro atoms. The lowest BCUT2D eigenvalue weighted by Crippen LogP contribution is -2.36. The number of hydrogen-bond donors (Lipinski definition) is 3. The largest absolute Gasteiger partial charge is 0.379 e. The van der Waals surface area contributed by atoms with Gasteiger partial charge >= 0.3 is 6.03 Å². The molecule has 2 rings (SSSR count). The number of ether oxygens (including phenoxy) is 3. The topological polar surface area (TPSA) is 97.9 Å². The molecule has 156 valence electrons. The van der Waals surface area contributed by atoms with E-state index in [4.69, 9.17) is 14.2 Å². The Morgan fingerprint density at radius 2 is 1.85 bits per heavy atom. The van der Waals surface area contributed by atoms with E-state index in [1.54, 1.807) is 0 Å². The van der Waals surface area contributed by atoms with Crippen molar-refractivity contribution in [1.82, 2.24) is 16.0 Å². The molecule has 2 aliphatic rings. The van der Waals surface area contributed by atoms with Crippen molar-refractivity contribution < 1.29 is 23.8 Å². The van der Waals surface area contributed by atoms with E-state index in [1.165, 1.54) is 0 Å². The SMILES string of the molecule is CCOCCOCCOCCNC(=O)CCCC[C@@H]1SC[C@@H]2NC(=O)N[C@@H]21. The van der Waals surface area contributed by atoms with Gasteiger partial charge < -0.3 is 30.2 Å². The summed E-state index contributed by atoms with van der Waals surface area (Å²) in [5.41, 5.74) is 0. The van der Waals surface area contributed by atoms with Crippen LogP contribution in [-0.2, 0) is 19.0 Å². The summed E-state index contributed by atoms with van der Waals surface area (Å²) >= 11 is 1.91. The first kappa shape index (κ1) is 22.3. The average molecular weight is 404 g/mol. The second-order valence-electron chi connectivity index (χ2n) is 6.64. The minimum Gasteiger partial charge on any atom is -0.379 e. The van der Waals surface area contributed by atoms with Gasteiger partial charge in [-0.1, -0.05) is 6.42 Å². The number of urea groups is 1. The smallest absolute Gasteiger partial charge is 0.315 e. The maximum atomic E-state index is 11.8. The molecule has 0 aromatic rings. The van der Waals surface area contributed by atoms with Crippen molar-refractivity contribution >= 4 is 23.7 Å². The summed E-state index contributed by atoms with van der Waals surface area (Å²) in [4.78, 5) is 23.2. The van der Waals surface area contributed by atoms with Crippen LogP contribution in [0.4, 0.5) is 4.79 Å². The van der Waals surface area contributed by atoms with Crippen molar-refractivity contribution in [1.29, 1.82) is 0 Å². The third-order valence-corrected chi connectivity index (χ3v) is 6.11. The second kappa shape index (κ2) is 13.2. The molecule has 2 fully saturated rings. The summed E-state index contributed by atoms with van der Waals surface area (Å²) in [6.45, 7) is 5.93. The van der Waals surface area contributed by atoms with Gasteiger partial charge in [-0.25, -0.2) is 4.79 Å². The van der Waals surface area contributed by atoms with Gasteiger partial charge in [0, 0.05) is 30.6 Å². The van der Waals surface area contributed by atoms with E-state index in [0.717, 1.165) is 25.0 Å². The number of unbranched alkanes of at least 4 members (excludes halogenated alkanes) is 1. The van der Waals surface area contributed by atoms with Gasteiger partial charge in [0.15, 0.2) is 0 Å². The molecule has 2 aliphatic heterocycles. The van der Waals surface area contributed by atoms with Gasteiger partial charge in [-0.2, -0.15) is 11.8 Å². The van der Waals surface area contributed by atoms with Crippen molar-refractivity contribution in [2.24, 2.45) is 0 Å². The number of rotatable bonds is 15. The van der Waals surface area contributed by atoms with Crippen LogP contribution in [0, 0.1) is 0 Å². The van der Waals surface area contributed by atoms with Gasteiger partial charge in [-0.05, 0) is 19.8 Å². The van der Waals surface area contributed by atoms with Gasteiger partial charge in [0.2, 0.25) is 5.91 Å². The first-order chi connectivity index (χ1) is 13.2. The number of carbonyl (C=O) groups is 2. The predicted molar refractivity (Wildman–Crippen MR) is 105 cm³/mol. The highest BCUT2D eigenvalue weighted by Gasteiger charge is 2.42. The molecule has 0 aromatic carbocycles. The third-order valence-electron chi connectivity index (χ3n) is 4.60. The fourth-order valence-electron chi connectivity index (χ4n) is 3.21. The molecule has 8 nitrogen and oxygen atoms in total. The zero-order valence-corrected chi connectivity index (χ0v) is 17.0. The molecule has 3 N–H and O–H groups in total. The van der Waals surface area contributed by atoms with Crippen molar-refractivity contribution in [2.75, 3.05) is 51.9 Å². The Balaban J connectivity index is 1.36. The summed E-state index contributed by atoms with van der Waals surface area (Å²) in [6, 6.07) is 0.469. The Kier molecular flexibility index (Phi) is 10.9. The number of carbonyl (C=O) groups excluding carboxylic acids is 2. The van der Waals surface area contributed by atoms with Crippen molar-refractivity contribution in [3.63, 3.8) is 0 Å². The highest BCUT2D eigenvalue weighted by molar-refractivity contribution is 8.00. The maximum absolute atomic E-state index is 11.8. The van der Waals surface area contributed by atoms with Gasteiger partial charge in [0.05, 0.1) is 45.1 Å². The summed E-state index contributed by atoms with van der Waals surface area (Å²) in [7, 11) is 0. The van der Waals surface area contributed by atoms with Gasteiger partial charge in [-0.15, -0.1) is 0 Å². The van der Waals surface area contributed by atoms with Crippen molar-refractivity contribution in [2.45, 2.75) is 49.9 Å². The summed E-state index contributed by atoms with van der Waals surface area (Å²) in [6.07, 6.45) is 3.44. The Bertz CT molecular complexity index is 455. The molecule has 0 unspecified atom stereocenters. The molecule has 0 bridgehead atoms. The first-order valence-electron chi connectivity index (χ1n) is 9.89. The van der Waals surface area contributed by atoms with Crippen molar-refractivity contribution in [3.8, 4) is 0 Å². The van der Waals surface area contributed by atoms with Gasteiger partial charge in [-0.3, -0.25) is 4.79 Å². The van der Waals surface area contributed by atoms with E-state index in [2.05, 4.69) is 16.0 Å². The number of thioether (sulfide) groups is 1. The van der Waals surface area contributed by atoms with Crippen molar-refractivity contribution in [3.05, 3.63) is 0 Å². The second-order valence-corrected chi connectivity index (χ2v) is 7.91. The molecule has 3 atom stereocenters. The van der Waals surface area contributed by atoms with E-state index in [0.29, 0.717) is 57.9 Å². The summed E-state index contributed by atoms with van der Waals surface area (Å²) in [5.74, 6) is 1.05. The fourth-order valence-corrected chi connectivity index (χ4v) is 4.75. The van der Waals surface area contributed by atoms with E-state index >= 15 is 0 Å². The van der Waals surface area contributed by atoms with E-state index in [9.17, 15) is 9.59 Å². The normalized spacial score (nSPS) is 23.7. The zero-order valence-electron chi connectivity index (χ0n) is 16.2. The lowest BCUT2D eigenvalue weighted by Gasteiger charge is -2.16. The van der Waals surface area contributed by atoms with E-state index in [1.807, 2.05) is 18.7 Å². The van der Waals surface area contributed by atoms with Crippen LogP contribution >= 0.6 is 11.8 Å². The average Bonchev–Trinajstić information content (AvgIpc) is 3.20. The minimum absolute atomic E-state index is 0.0473. The molecule has 27 heavy (non-hydrogen) atoms. The van der Waals surface area contributed by atoms with E-state index in [-0.39, 0.29) is 24.0 Å². The number of fused-ring (bicyclic) bond motifs is 1. The standard InChI is InChI=1S/C18H33N3O5S/c1-2-24-9-10-26-12-11-25-8-7-19-16(22)6-4-3-5-15-17-14(13-27-15)20-18(23)21-17/h14-15,17H,2-13H2,1H3,(H,19,22)(H2,20,21,23)/t14-,15-,17-/m0/s1. The minimum atomic E-state index is -0.0473. The van der Waals surface area contributed by atoms with Crippen LogP contribution in [0.3, 0.4) is 0 Å². The molecule has 0 aliphatic carbocycles. The number of nitrogens with one attached hydrogen (secondary N) is 3. The van der Waals surface area contributed by atoms with Crippen LogP contribution in [-0.4, -0.2) is 81.2 Å². The van der Waals surface area contributed by atoms with E-state index < -0.39 is 0 Å². The highest BCUT2D eigenvalue weighted by Crippen LogP contribution is 2.33. The Labute approximate surface area is 165 Å². The Morgan fingerprint density at radius 1 is 1.11 bits per heavy atom. The van der Waals surface area contributed by atoms with Gasteiger partial charge in [0.25, 0.3) is 0 Å². The van der Waals surface area contributed by atoms with Crippen LogP contribution < -0.4 is 16.0 Å².